The molecule has 0 N–H and O–H groups in total. The Hall–Kier alpha value is -1.45. The first kappa shape index (κ1) is 10.1. The molecule has 0 radical (unpaired) electrons. The number of anilines is 1. The van der Waals surface area contributed by atoms with Gasteiger partial charge in [-0.05, 0) is 18.8 Å². The average Bonchev–Trinajstić information content (AvgIpc) is 2.30. The van der Waals surface area contributed by atoms with Crippen molar-refractivity contribution in [3.05, 3.63) is 18.1 Å². The van der Waals surface area contributed by atoms with E-state index in [1.54, 1.807) is 6.20 Å². The van der Waals surface area contributed by atoms with Gasteiger partial charge in [0.05, 0.1) is 5.56 Å². The van der Waals surface area contributed by atoms with Crippen molar-refractivity contribution >= 4 is 12.1 Å². The average molecular weight is 205 g/mol. The Morgan fingerprint density at radius 3 is 2.87 bits per heavy atom. The third-order valence-corrected chi connectivity index (χ3v) is 2.93. The molecular weight excluding hydrogens is 190 g/mol. The van der Waals surface area contributed by atoms with Gasteiger partial charge < -0.3 is 4.90 Å². The van der Waals surface area contributed by atoms with E-state index in [-0.39, 0.29) is 0 Å². The highest BCUT2D eigenvalue weighted by molar-refractivity contribution is 5.82. The Balaban J connectivity index is 2.18. The van der Waals surface area contributed by atoms with Crippen LogP contribution in [0.1, 0.15) is 30.1 Å². The Kier molecular flexibility index (Phi) is 2.94. The summed E-state index contributed by atoms with van der Waals surface area (Å²) in [6, 6.07) is 0. The number of hydrogen-bond donors (Lipinski definition) is 0. The molecule has 0 aromatic carbocycles. The topological polar surface area (TPSA) is 46.1 Å². The maximum Gasteiger partial charge on any atom is 0.155 e. The maximum absolute atomic E-state index is 10.8. The first-order valence-electron chi connectivity index (χ1n) is 5.31. The molecule has 0 unspecified atom stereocenters. The van der Waals surface area contributed by atoms with Gasteiger partial charge in [0.1, 0.15) is 12.1 Å². The molecule has 1 aromatic heterocycles. The minimum Gasteiger partial charge on any atom is -0.356 e. The van der Waals surface area contributed by atoms with E-state index in [0.29, 0.717) is 5.56 Å². The molecule has 4 heteroatoms. The minimum atomic E-state index is 0.590. The standard InChI is InChI=1S/C11H15N3O/c1-9-2-4-14(5-3-9)11-10(7-15)6-12-8-13-11/h6-9H,2-5H2,1H3. The first-order chi connectivity index (χ1) is 7.31. The summed E-state index contributed by atoms with van der Waals surface area (Å²) in [5, 5.41) is 0. The quantitative estimate of drug-likeness (QED) is 0.687. The fourth-order valence-electron chi connectivity index (χ4n) is 1.90. The smallest absolute Gasteiger partial charge is 0.155 e. The van der Waals surface area contributed by atoms with E-state index < -0.39 is 0 Å². The van der Waals surface area contributed by atoms with Crippen LogP contribution in [-0.4, -0.2) is 29.3 Å². The Bertz CT molecular complexity index is 345. The lowest BCUT2D eigenvalue weighted by molar-refractivity contribution is 0.112. The summed E-state index contributed by atoms with van der Waals surface area (Å²) in [6.07, 6.45) is 6.24. The van der Waals surface area contributed by atoms with Crippen molar-refractivity contribution in [1.82, 2.24) is 9.97 Å². The summed E-state index contributed by atoms with van der Waals surface area (Å²) in [5.74, 6) is 1.56. The van der Waals surface area contributed by atoms with Gasteiger partial charge in [-0.25, -0.2) is 9.97 Å². The molecule has 0 atom stereocenters. The van der Waals surface area contributed by atoms with Gasteiger partial charge in [-0.3, -0.25) is 4.79 Å². The van der Waals surface area contributed by atoms with E-state index >= 15 is 0 Å². The Labute approximate surface area is 89.3 Å². The summed E-state index contributed by atoms with van der Waals surface area (Å²) < 4.78 is 0. The SMILES string of the molecule is CC1CCN(c2ncncc2C=O)CC1. The molecule has 4 nitrogen and oxygen atoms in total. The Morgan fingerprint density at radius 1 is 1.47 bits per heavy atom. The highest BCUT2D eigenvalue weighted by Gasteiger charge is 2.18. The molecule has 0 spiro atoms. The van der Waals surface area contributed by atoms with Crippen LogP contribution in [0.2, 0.25) is 0 Å². The number of aromatic nitrogens is 2. The van der Waals surface area contributed by atoms with Crippen LogP contribution in [0.15, 0.2) is 12.5 Å². The lowest BCUT2D eigenvalue weighted by Crippen LogP contribution is -2.34. The zero-order chi connectivity index (χ0) is 10.7. The molecule has 2 heterocycles. The molecule has 2 rings (SSSR count). The van der Waals surface area contributed by atoms with E-state index in [1.807, 2.05) is 0 Å². The van der Waals surface area contributed by atoms with Gasteiger partial charge in [0.25, 0.3) is 0 Å². The number of hydrogen-bond acceptors (Lipinski definition) is 4. The lowest BCUT2D eigenvalue weighted by atomic mass is 9.99. The Morgan fingerprint density at radius 2 is 2.20 bits per heavy atom. The van der Waals surface area contributed by atoms with E-state index in [2.05, 4.69) is 21.8 Å². The van der Waals surface area contributed by atoms with Crippen molar-refractivity contribution in [2.45, 2.75) is 19.8 Å². The van der Waals surface area contributed by atoms with Crippen LogP contribution in [0.25, 0.3) is 0 Å². The molecule has 0 amide bonds. The van der Waals surface area contributed by atoms with Crippen LogP contribution in [0.3, 0.4) is 0 Å². The summed E-state index contributed by atoms with van der Waals surface area (Å²) in [6.45, 7) is 4.23. The van der Waals surface area contributed by atoms with Crippen LogP contribution in [0.4, 0.5) is 5.82 Å². The zero-order valence-corrected chi connectivity index (χ0v) is 8.89. The van der Waals surface area contributed by atoms with Gasteiger partial charge >= 0.3 is 0 Å². The highest BCUT2D eigenvalue weighted by Crippen LogP contribution is 2.22. The van der Waals surface area contributed by atoms with E-state index in [0.717, 1.165) is 31.1 Å². The second-order valence-corrected chi connectivity index (χ2v) is 4.09. The molecule has 80 valence electrons. The molecule has 1 aliphatic heterocycles. The molecule has 0 bridgehead atoms. The summed E-state index contributed by atoms with van der Waals surface area (Å²) in [7, 11) is 0. The van der Waals surface area contributed by atoms with Gasteiger partial charge in [0.2, 0.25) is 0 Å². The number of piperidine rings is 1. The second kappa shape index (κ2) is 4.38. The number of rotatable bonds is 2. The zero-order valence-electron chi connectivity index (χ0n) is 8.89. The second-order valence-electron chi connectivity index (χ2n) is 4.09. The third-order valence-electron chi connectivity index (χ3n) is 2.93. The number of carbonyl (C=O) groups excluding carboxylic acids is 1. The molecule has 1 aromatic rings. The van der Waals surface area contributed by atoms with Crippen molar-refractivity contribution in [3.63, 3.8) is 0 Å². The number of nitrogens with zero attached hydrogens (tertiary/aromatic N) is 3. The van der Waals surface area contributed by atoms with E-state index in [1.165, 1.54) is 19.2 Å². The van der Waals surface area contributed by atoms with Crippen LogP contribution in [0, 0.1) is 5.92 Å². The molecular formula is C11H15N3O. The fourth-order valence-corrected chi connectivity index (χ4v) is 1.90. The van der Waals surface area contributed by atoms with Crippen LogP contribution >= 0.6 is 0 Å². The van der Waals surface area contributed by atoms with Crippen molar-refractivity contribution in [2.24, 2.45) is 5.92 Å². The van der Waals surface area contributed by atoms with Gasteiger partial charge in [-0.15, -0.1) is 0 Å². The third kappa shape index (κ3) is 2.14. The van der Waals surface area contributed by atoms with Crippen LogP contribution < -0.4 is 4.90 Å². The summed E-state index contributed by atoms with van der Waals surface area (Å²) >= 11 is 0. The summed E-state index contributed by atoms with van der Waals surface area (Å²) in [5.41, 5.74) is 0.590. The van der Waals surface area contributed by atoms with Crippen LogP contribution in [-0.2, 0) is 0 Å². The van der Waals surface area contributed by atoms with E-state index in [4.69, 9.17) is 0 Å². The van der Waals surface area contributed by atoms with Gasteiger partial charge in [-0.1, -0.05) is 6.92 Å². The maximum atomic E-state index is 10.8. The summed E-state index contributed by atoms with van der Waals surface area (Å²) in [4.78, 5) is 21.0. The minimum absolute atomic E-state index is 0.590. The molecule has 15 heavy (non-hydrogen) atoms. The molecule has 0 saturated carbocycles. The van der Waals surface area contributed by atoms with Gasteiger partial charge in [0.15, 0.2) is 6.29 Å². The van der Waals surface area contributed by atoms with Crippen molar-refractivity contribution in [3.8, 4) is 0 Å². The van der Waals surface area contributed by atoms with Crippen molar-refractivity contribution in [1.29, 1.82) is 0 Å². The number of aldehydes is 1. The first-order valence-corrected chi connectivity index (χ1v) is 5.31. The van der Waals surface area contributed by atoms with E-state index in [9.17, 15) is 4.79 Å². The lowest BCUT2D eigenvalue weighted by Gasteiger charge is -2.31. The fraction of sp³-hybridized carbons (Fsp3) is 0.545. The van der Waals surface area contributed by atoms with Crippen molar-refractivity contribution < 1.29 is 4.79 Å². The van der Waals surface area contributed by atoms with Gasteiger partial charge in [-0.2, -0.15) is 0 Å². The predicted octanol–water partition coefficient (Wildman–Crippen LogP) is 1.53. The molecule has 1 fully saturated rings. The highest BCUT2D eigenvalue weighted by atomic mass is 16.1. The largest absolute Gasteiger partial charge is 0.356 e. The van der Waals surface area contributed by atoms with Crippen molar-refractivity contribution in [2.75, 3.05) is 18.0 Å². The molecule has 0 aliphatic carbocycles. The number of carbonyl (C=O) groups is 1. The molecule has 1 saturated heterocycles. The molecule has 1 aliphatic rings. The predicted molar refractivity (Wildman–Crippen MR) is 58.0 cm³/mol. The van der Waals surface area contributed by atoms with Gasteiger partial charge in [0, 0.05) is 19.3 Å². The normalized spacial score (nSPS) is 17.8. The monoisotopic (exact) mass is 205 g/mol. The van der Waals surface area contributed by atoms with Crippen LogP contribution in [0.5, 0.6) is 0 Å².